The SMILES string of the molecule is NC(=O)CN(CCC1CCCCC1)Cc1cccc(Br)c1. The number of benzene rings is 1. The molecule has 1 saturated carbocycles. The van der Waals surface area contributed by atoms with Crippen molar-refractivity contribution in [3.63, 3.8) is 0 Å². The standard InChI is InChI=1S/C17H25BrN2O/c18-16-8-4-7-15(11-16)12-20(13-17(19)21)10-9-14-5-2-1-3-6-14/h4,7-8,11,14H,1-3,5-6,9-10,12-13H2,(H2,19,21). The molecule has 2 rings (SSSR count). The molecule has 1 fully saturated rings. The minimum Gasteiger partial charge on any atom is -0.369 e. The van der Waals surface area contributed by atoms with Gasteiger partial charge in [0.2, 0.25) is 5.91 Å². The van der Waals surface area contributed by atoms with Crippen molar-refractivity contribution >= 4 is 21.8 Å². The van der Waals surface area contributed by atoms with Crippen LogP contribution in [-0.4, -0.2) is 23.9 Å². The maximum Gasteiger partial charge on any atom is 0.231 e. The summed E-state index contributed by atoms with van der Waals surface area (Å²) in [5.41, 5.74) is 6.61. The molecule has 2 N–H and O–H groups in total. The summed E-state index contributed by atoms with van der Waals surface area (Å²) in [6.45, 7) is 2.09. The summed E-state index contributed by atoms with van der Waals surface area (Å²) in [5, 5.41) is 0. The summed E-state index contributed by atoms with van der Waals surface area (Å²) >= 11 is 3.49. The van der Waals surface area contributed by atoms with E-state index >= 15 is 0 Å². The highest BCUT2D eigenvalue weighted by Crippen LogP contribution is 2.26. The van der Waals surface area contributed by atoms with Crippen LogP contribution in [0.2, 0.25) is 0 Å². The minimum absolute atomic E-state index is 0.242. The van der Waals surface area contributed by atoms with Gasteiger partial charge in [-0.25, -0.2) is 0 Å². The molecule has 0 aliphatic heterocycles. The zero-order chi connectivity index (χ0) is 15.1. The number of amides is 1. The average molecular weight is 353 g/mol. The van der Waals surface area contributed by atoms with E-state index in [4.69, 9.17) is 5.73 Å². The highest BCUT2D eigenvalue weighted by atomic mass is 79.9. The summed E-state index contributed by atoms with van der Waals surface area (Å²) in [6.07, 6.45) is 8.00. The van der Waals surface area contributed by atoms with Crippen LogP contribution >= 0.6 is 15.9 Å². The highest BCUT2D eigenvalue weighted by Gasteiger charge is 2.16. The molecule has 0 radical (unpaired) electrons. The lowest BCUT2D eigenvalue weighted by Crippen LogP contribution is -2.35. The normalized spacial score (nSPS) is 16.3. The molecule has 1 aromatic carbocycles. The molecule has 0 unspecified atom stereocenters. The van der Waals surface area contributed by atoms with Crippen LogP contribution in [0.15, 0.2) is 28.7 Å². The predicted molar refractivity (Wildman–Crippen MR) is 89.8 cm³/mol. The van der Waals surface area contributed by atoms with Crippen molar-refractivity contribution in [3.8, 4) is 0 Å². The van der Waals surface area contributed by atoms with Gasteiger partial charge < -0.3 is 5.73 Å². The van der Waals surface area contributed by atoms with Gasteiger partial charge in [0.25, 0.3) is 0 Å². The lowest BCUT2D eigenvalue weighted by atomic mass is 9.87. The number of rotatable bonds is 7. The third kappa shape index (κ3) is 6.18. The molecule has 0 aromatic heterocycles. The van der Waals surface area contributed by atoms with Crippen molar-refractivity contribution in [1.82, 2.24) is 4.90 Å². The van der Waals surface area contributed by atoms with Crippen molar-refractivity contribution in [1.29, 1.82) is 0 Å². The maximum atomic E-state index is 11.3. The second-order valence-corrected chi connectivity index (χ2v) is 7.02. The Bertz CT molecular complexity index is 458. The van der Waals surface area contributed by atoms with E-state index in [1.54, 1.807) is 0 Å². The van der Waals surface area contributed by atoms with Gasteiger partial charge in [-0.05, 0) is 36.6 Å². The number of nitrogens with two attached hydrogens (primary N) is 1. The summed E-state index contributed by atoms with van der Waals surface area (Å²) in [6, 6.07) is 8.25. The Morgan fingerprint density at radius 3 is 2.71 bits per heavy atom. The van der Waals surface area contributed by atoms with Crippen molar-refractivity contribution in [3.05, 3.63) is 34.3 Å². The Morgan fingerprint density at radius 2 is 2.05 bits per heavy atom. The van der Waals surface area contributed by atoms with Crippen molar-refractivity contribution in [2.45, 2.75) is 45.1 Å². The first kappa shape index (κ1) is 16.5. The molecule has 0 spiro atoms. The monoisotopic (exact) mass is 352 g/mol. The molecule has 3 nitrogen and oxygen atoms in total. The summed E-state index contributed by atoms with van der Waals surface area (Å²) in [4.78, 5) is 13.5. The smallest absolute Gasteiger partial charge is 0.231 e. The van der Waals surface area contributed by atoms with Crippen LogP contribution in [0.1, 0.15) is 44.1 Å². The van der Waals surface area contributed by atoms with E-state index in [0.29, 0.717) is 6.54 Å². The predicted octanol–water partition coefficient (Wildman–Crippen LogP) is 3.71. The first-order valence-corrected chi connectivity index (χ1v) is 8.68. The highest BCUT2D eigenvalue weighted by molar-refractivity contribution is 9.10. The fourth-order valence-electron chi connectivity index (χ4n) is 3.17. The largest absolute Gasteiger partial charge is 0.369 e. The Morgan fingerprint density at radius 1 is 1.29 bits per heavy atom. The van der Waals surface area contributed by atoms with Crippen molar-refractivity contribution in [2.75, 3.05) is 13.1 Å². The van der Waals surface area contributed by atoms with Crippen LogP contribution < -0.4 is 5.73 Å². The molecule has 0 bridgehead atoms. The zero-order valence-corrected chi connectivity index (χ0v) is 14.1. The molecule has 1 aliphatic carbocycles. The molecule has 1 aromatic rings. The van der Waals surface area contributed by atoms with E-state index in [2.05, 4.69) is 33.0 Å². The van der Waals surface area contributed by atoms with Crippen LogP contribution in [0.3, 0.4) is 0 Å². The molecule has 0 atom stereocenters. The van der Waals surface area contributed by atoms with Gasteiger partial charge in [-0.1, -0.05) is 60.2 Å². The first-order chi connectivity index (χ1) is 10.1. The summed E-state index contributed by atoms with van der Waals surface area (Å²) in [7, 11) is 0. The molecule has 1 amide bonds. The van der Waals surface area contributed by atoms with Crippen LogP contribution in [0.5, 0.6) is 0 Å². The topological polar surface area (TPSA) is 46.3 Å². The Balaban J connectivity index is 1.88. The number of hydrogen-bond acceptors (Lipinski definition) is 2. The fraction of sp³-hybridized carbons (Fsp3) is 0.588. The van der Waals surface area contributed by atoms with E-state index in [9.17, 15) is 4.79 Å². The van der Waals surface area contributed by atoms with Crippen LogP contribution in [0.4, 0.5) is 0 Å². The molecule has 21 heavy (non-hydrogen) atoms. The van der Waals surface area contributed by atoms with Gasteiger partial charge in [0.1, 0.15) is 0 Å². The van der Waals surface area contributed by atoms with Crippen LogP contribution in [0.25, 0.3) is 0 Å². The maximum absolute atomic E-state index is 11.3. The quantitative estimate of drug-likeness (QED) is 0.812. The molecule has 116 valence electrons. The Labute approximate surface area is 136 Å². The number of halogens is 1. The van der Waals surface area contributed by atoms with Gasteiger partial charge in [-0.2, -0.15) is 0 Å². The first-order valence-electron chi connectivity index (χ1n) is 7.88. The van der Waals surface area contributed by atoms with E-state index in [-0.39, 0.29) is 5.91 Å². The second kappa shape index (κ2) is 8.54. The van der Waals surface area contributed by atoms with Crippen LogP contribution in [0, 0.1) is 5.92 Å². The number of carbonyl (C=O) groups is 1. The number of nitrogens with zero attached hydrogens (tertiary/aromatic N) is 1. The van der Waals surface area contributed by atoms with Crippen molar-refractivity contribution in [2.24, 2.45) is 11.7 Å². The van der Waals surface area contributed by atoms with E-state index in [0.717, 1.165) is 23.5 Å². The van der Waals surface area contributed by atoms with Gasteiger partial charge in [0.15, 0.2) is 0 Å². The van der Waals surface area contributed by atoms with Gasteiger partial charge >= 0.3 is 0 Å². The molecular formula is C17H25BrN2O. The number of carbonyl (C=O) groups excluding carboxylic acids is 1. The van der Waals surface area contributed by atoms with Gasteiger partial charge in [0, 0.05) is 11.0 Å². The van der Waals surface area contributed by atoms with Gasteiger partial charge in [-0.3, -0.25) is 9.69 Å². The van der Waals surface area contributed by atoms with E-state index in [1.807, 2.05) is 12.1 Å². The van der Waals surface area contributed by atoms with Gasteiger partial charge in [0.05, 0.1) is 6.54 Å². The van der Waals surface area contributed by atoms with Crippen LogP contribution in [-0.2, 0) is 11.3 Å². The molecule has 0 heterocycles. The number of hydrogen-bond donors (Lipinski definition) is 1. The van der Waals surface area contributed by atoms with E-state index < -0.39 is 0 Å². The molecular weight excluding hydrogens is 328 g/mol. The Kier molecular flexibility index (Phi) is 6.71. The number of primary amides is 1. The zero-order valence-electron chi connectivity index (χ0n) is 12.6. The molecule has 4 heteroatoms. The average Bonchev–Trinajstić information content (AvgIpc) is 2.45. The molecule has 0 saturated heterocycles. The van der Waals surface area contributed by atoms with Gasteiger partial charge in [-0.15, -0.1) is 0 Å². The molecule has 1 aliphatic rings. The fourth-order valence-corrected chi connectivity index (χ4v) is 3.62. The summed E-state index contributed by atoms with van der Waals surface area (Å²) < 4.78 is 1.08. The lowest BCUT2D eigenvalue weighted by Gasteiger charge is -2.26. The third-order valence-electron chi connectivity index (χ3n) is 4.25. The summed E-state index contributed by atoms with van der Waals surface area (Å²) in [5.74, 6) is 0.588. The van der Waals surface area contributed by atoms with E-state index in [1.165, 1.54) is 44.1 Å². The second-order valence-electron chi connectivity index (χ2n) is 6.10. The Hall–Kier alpha value is -0.870. The minimum atomic E-state index is -0.242. The third-order valence-corrected chi connectivity index (χ3v) is 4.75. The lowest BCUT2D eigenvalue weighted by molar-refractivity contribution is -0.119. The van der Waals surface area contributed by atoms with Crippen molar-refractivity contribution < 1.29 is 4.79 Å².